The van der Waals surface area contributed by atoms with Crippen molar-refractivity contribution < 1.29 is 24.2 Å². The number of ether oxygens (including phenoxy) is 1. The van der Waals surface area contributed by atoms with Gasteiger partial charge < -0.3 is 20.5 Å². The zero-order valence-corrected chi connectivity index (χ0v) is 12.3. The summed E-state index contributed by atoms with van der Waals surface area (Å²) in [7, 11) is 0. The number of hydrogen-bond acceptors (Lipinski definition) is 4. The van der Waals surface area contributed by atoms with Crippen molar-refractivity contribution in [2.75, 3.05) is 19.8 Å². The Morgan fingerprint density at radius 3 is 2.45 bits per heavy atom. The molecule has 1 aliphatic rings. The molecule has 0 aromatic carbocycles. The van der Waals surface area contributed by atoms with Crippen molar-refractivity contribution >= 4 is 17.8 Å². The van der Waals surface area contributed by atoms with Gasteiger partial charge in [-0.15, -0.1) is 0 Å². The quantitative estimate of drug-likeness (QED) is 0.661. The van der Waals surface area contributed by atoms with E-state index in [9.17, 15) is 19.5 Å². The van der Waals surface area contributed by atoms with Crippen LogP contribution in [0.25, 0.3) is 0 Å². The fourth-order valence-corrected chi connectivity index (χ4v) is 1.76. The van der Waals surface area contributed by atoms with Crippen LogP contribution >= 0.6 is 0 Å². The summed E-state index contributed by atoms with van der Waals surface area (Å²) in [5.41, 5.74) is -1.71. The van der Waals surface area contributed by atoms with Crippen LogP contribution in [-0.2, 0) is 19.1 Å². The normalized spacial score (nSPS) is 26.1. The highest BCUT2D eigenvalue weighted by Gasteiger charge is 2.47. The van der Waals surface area contributed by atoms with Crippen LogP contribution in [0.2, 0.25) is 0 Å². The van der Waals surface area contributed by atoms with E-state index in [2.05, 4.69) is 10.6 Å². The number of hydrogen-bond donors (Lipinski definition) is 3. The maximum Gasteiger partial charge on any atom is 0.313 e. The van der Waals surface area contributed by atoms with Crippen LogP contribution in [0.4, 0.5) is 0 Å². The largest absolute Gasteiger partial charge is 0.481 e. The van der Waals surface area contributed by atoms with E-state index < -0.39 is 28.7 Å². The van der Waals surface area contributed by atoms with Crippen LogP contribution in [0.5, 0.6) is 0 Å². The van der Waals surface area contributed by atoms with E-state index in [1.165, 1.54) is 6.92 Å². The van der Waals surface area contributed by atoms with Crippen LogP contribution in [0.15, 0.2) is 0 Å². The summed E-state index contributed by atoms with van der Waals surface area (Å²) in [5, 5.41) is 14.3. The maximum atomic E-state index is 11.8. The third-order valence-electron chi connectivity index (χ3n) is 3.37. The first-order valence-electron chi connectivity index (χ1n) is 6.46. The number of carboxylic acids is 1. The number of amides is 2. The summed E-state index contributed by atoms with van der Waals surface area (Å²) in [6.07, 6.45) is 0. The summed E-state index contributed by atoms with van der Waals surface area (Å²) >= 11 is 0. The van der Waals surface area contributed by atoms with Gasteiger partial charge >= 0.3 is 5.97 Å². The molecule has 2 unspecified atom stereocenters. The second-order valence-electron chi connectivity index (χ2n) is 6.29. The number of carboxylic acid groups (broad SMARTS) is 1. The molecule has 1 saturated heterocycles. The Labute approximate surface area is 118 Å². The van der Waals surface area contributed by atoms with Gasteiger partial charge in [0.1, 0.15) is 5.41 Å². The van der Waals surface area contributed by atoms with Gasteiger partial charge in [-0.3, -0.25) is 14.4 Å². The first kappa shape index (κ1) is 16.4. The molecular weight excluding hydrogens is 264 g/mol. The molecule has 0 spiro atoms. The van der Waals surface area contributed by atoms with Crippen molar-refractivity contribution in [2.24, 2.45) is 10.8 Å². The SMILES string of the molecule is CC(C)(C)C(=O)NCC(=O)NC1COCC1(C)C(=O)O. The van der Waals surface area contributed by atoms with Crippen LogP contribution in [0.1, 0.15) is 27.7 Å². The third kappa shape index (κ3) is 3.69. The van der Waals surface area contributed by atoms with E-state index in [4.69, 9.17) is 4.74 Å². The average molecular weight is 286 g/mol. The van der Waals surface area contributed by atoms with Crippen molar-refractivity contribution in [3.8, 4) is 0 Å². The molecule has 0 radical (unpaired) electrons. The van der Waals surface area contributed by atoms with E-state index in [-0.39, 0.29) is 25.7 Å². The molecule has 0 bridgehead atoms. The average Bonchev–Trinajstić information content (AvgIpc) is 2.68. The molecule has 3 N–H and O–H groups in total. The summed E-state index contributed by atoms with van der Waals surface area (Å²) < 4.78 is 5.13. The van der Waals surface area contributed by atoms with Gasteiger partial charge in [0.2, 0.25) is 11.8 Å². The second kappa shape index (κ2) is 5.78. The third-order valence-corrected chi connectivity index (χ3v) is 3.37. The lowest BCUT2D eigenvalue weighted by molar-refractivity contribution is -0.149. The molecule has 1 rings (SSSR count). The lowest BCUT2D eigenvalue weighted by Crippen LogP contribution is -2.52. The monoisotopic (exact) mass is 286 g/mol. The van der Waals surface area contributed by atoms with Crippen molar-refractivity contribution in [3.63, 3.8) is 0 Å². The van der Waals surface area contributed by atoms with E-state index in [1.807, 2.05) is 0 Å². The topological polar surface area (TPSA) is 105 Å². The highest BCUT2D eigenvalue weighted by Crippen LogP contribution is 2.28. The number of nitrogens with one attached hydrogen (secondary N) is 2. The van der Waals surface area contributed by atoms with Crippen molar-refractivity contribution in [1.29, 1.82) is 0 Å². The highest BCUT2D eigenvalue weighted by molar-refractivity contribution is 5.87. The minimum absolute atomic E-state index is 0.0572. The van der Waals surface area contributed by atoms with Crippen molar-refractivity contribution in [3.05, 3.63) is 0 Å². The van der Waals surface area contributed by atoms with E-state index >= 15 is 0 Å². The molecule has 114 valence electrons. The Morgan fingerprint density at radius 1 is 1.35 bits per heavy atom. The predicted octanol–water partition coefficient (Wildman–Crippen LogP) is -0.245. The molecule has 1 heterocycles. The van der Waals surface area contributed by atoms with Gasteiger partial charge in [0, 0.05) is 5.41 Å². The molecule has 7 heteroatoms. The molecule has 0 saturated carbocycles. The van der Waals surface area contributed by atoms with E-state index in [1.54, 1.807) is 20.8 Å². The Balaban J connectivity index is 2.51. The zero-order valence-electron chi connectivity index (χ0n) is 12.3. The molecule has 0 aromatic rings. The molecular formula is C13H22N2O5. The van der Waals surface area contributed by atoms with Crippen LogP contribution in [0, 0.1) is 10.8 Å². The van der Waals surface area contributed by atoms with E-state index in [0.717, 1.165) is 0 Å². The number of rotatable bonds is 4. The Bertz CT molecular complexity index is 415. The van der Waals surface area contributed by atoms with Gasteiger partial charge in [0.05, 0.1) is 25.8 Å². The maximum absolute atomic E-state index is 11.8. The van der Waals surface area contributed by atoms with Crippen molar-refractivity contribution in [2.45, 2.75) is 33.7 Å². The first-order valence-corrected chi connectivity index (χ1v) is 6.46. The molecule has 7 nitrogen and oxygen atoms in total. The van der Waals surface area contributed by atoms with Crippen LogP contribution in [0.3, 0.4) is 0 Å². The van der Waals surface area contributed by atoms with E-state index in [0.29, 0.717) is 0 Å². The molecule has 2 atom stereocenters. The molecule has 1 aliphatic heterocycles. The highest BCUT2D eigenvalue weighted by atomic mass is 16.5. The number of carbonyl (C=O) groups is 3. The molecule has 1 fully saturated rings. The molecule has 20 heavy (non-hydrogen) atoms. The summed E-state index contributed by atoms with van der Waals surface area (Å²) in [6, 6.07) is -0.598. The van der Waals surface area contributed by atoms with Crippen LogP contribution < -0.4 is 10.6 Å². The molecule has 0 aliphatic carbocycles. The van der Waals surface area contributed by atoms with Gasteiger partial charge in [-0.2, -0.15) is 0 Å². The Kier molecular flexibility index (Phi) is 4.75. The smallest absolute Gasteiger partial charge is 0.313 e. The lowest BCUT2D eigenvalue weighted by atomic mass is 9.85. The number of aliphatic carboxylic acids is 1. The molecule has 0 aromatic heterocycles. The zero-order chi connectivity index (χ0) is 15.6. The molecule has 2 amide bonds. The van der Waals surface area contributed by atoms with Gasteiger partial charge in [-0.05, 0) is 6.92 Å². The summed E-state index contributed by atoms with van der Waals surface area (Å²) in [5.74, 6) is -1.68. The summed E-state index contributed by atoms with van der Waals surface area (Å²) in [6.45, 7) is 6.79. The van der Waals surface area contributed by atoms with Gasteiger partial charge in [0.25, 0.3) is 0 Å². The standard InChI is InChI=1S/C13H22N2O5/c1-12(2,3)10(17)14-5-9(16)15-8-6-20-7-13(8,4)11(18)19/h8H,5-7H2,1-4H3,(H,14,17)(H,15,16)(H,18,19). The Hall–Kier alpha value is -1.63. The predicted molar refractivity (Wildman–Crippen MR) is 71.0 cm³/mol. The number of carbonyl (C=O) groups excluding carboxylic acids is 2. The second-order valence-corrected chi connectivity index (χ2v) is 6.29. The first-order chi connectivity index (χ1) is 9.07. The minimum atomic E-state index is -1.14. The van der Waals surface area contributed by atoms with Crippen LogP contribution in [-0.4, -0.2) is 48.7 Å². The minimum Gasteiger partial charge on any atom is -0.481 e. The Morgan fingerprint density at radius 2 is 1.95 bits per heavy atom. The van der Waals surface area contributed by atoms with Crippen molar-refractivity contribution in [1.82, 2.24) is 10.6 Å². The van der Waals surface area contributed by atoms with Gasteiger partial charge in [-0.25, -0.2) is 0 Å². The summed E-state index contributed by atoms with van der Waals surface area (Å²) in [4.78, 5) is 34.6. The fourth-order valence-electron chi connectivity index (χ4n) is 1.76. The van der Waals surface area contributed by atoms with Gasteiger partial charge in [-0.1, -0.05) is 20.8 Å². The van der Waals surface area contributed by atoms with Gasteiger partial charge in [0.15, 0.2) is 0 Å². The fraction of sp³-hybridized carbons (Fsp3) is 0.769. The lowest BCUT2D eigenvalue weighted by Gasteiger charge is -2.25.